The van der Waals surface area contributed by atoms with Gasteiger partial charge in [0.1, 0.15) is 0 Å². The zero-order chi connectivity index (χ0) is 25.4. The lowest BCUT2D eigenvalue weighted by atomic mass is 9.46. The monoisotopic (exact) mass is 524 g/mol. The van der Waals surface area contributed by atoms with Crippen LogP contribution in [-0.2, 0) is 5.41 Å². The molecule has 1 saturated carbocycles. The van der Waals surface area contributed by atoms with Gasteiger partial charge in [0, 0.05) is 34.0 Å². The molecule has 2 heterocycles. The van der Waals surface area contributed by atoms with Crippen molar-refractivity contribution in [2.45, 2.75) is 23.7 Å². The molecule has 6 nitrogen and oxygen atoms in total. The quantitative estimate of drug-likeness (QED) is 0.300. The summed E-state index contributed by atoms with van der Waals surface area (Å²) >= 11 is 13.5. The topological polar surface area (TPSA) is 78.9 Å². The van der Waals surface area contributed by atoms with E-state index in [0.717, 1.165) is 5.56 Å². The molecule has 184 valence electrons. The molecule has 2 aromatic carbocycles. The largest absolute Gasteiger partial charge is 0.490 e. The molecule has 36 heavy (non-hydrogen) atoms. The van der Waals surface area contributed by atoms with Crippen LogP contribution in [0, 0.1) is 0 Å². The van der Waals surface area contributed by atoms with Crippen LogP contribution in [0.3, 0.4) is 0 Å². The van der Waals surface area contributed by atoms with Gasteiger partial charge in [-0.1, -0.05) is 59.6 Å². The van der Waals surface area contributed by atoms with E-state index in [2.05, 4.69) is 0 Å². The summed E-state index contributed by atoms with van der Waals surface area (Å²) in [5, 5.41) is 1.00. The highest BCUT2D eigenvalue weighted by Gasteiger charge is 2.64. The summed E-state index contributed by atoms with van der Waals surface area (Å²) in [4.78, 5) is 25.7. The molecule has 0 saturated heterocycles. The predicted octanol–water partition coefficient (Wildman–Crippen LogP) is 6.17. The number of hydrogen-bond acceptors (Lipinski definition) is 6. The van der Waals surface area contributed by atoms with Gasteiger partial charge >= 0.3 is 0 Å². The van der Waals surface area contributed by atoms with Gasteiger partial charge in [0.2, 0.25) is 22.4 Å². The van der Waals surface area contributed by atoms with Crippen molar-refractivity contribution in [3.8, 4) is 11.5 Å². The zero-order valence-corrected chi connectivity index (χ0v) is 21.0. The fourth-order valence-electron chi connectivity index (χ4n) is 5.49. The minimum absolute atomic E-state index is 0.0384. The molecule has 8 heteroatoms. The van der Waals surface area contributed by atoms with Gasteiger partial charge in [-0.3, -0.25) is 9.59 Å². The van der Waals surface area contributed by atoms with Crippen LogP contribution in [0.2, 0.25) is 10.0 Å². The maximum Gasteiger partial charge on any atom is 0.227 e. The Morgan fingerprint density at radius 3 is 2.06 bits per heavy atom. The Bertz CT molecular complexity index is 1540. The fraction of sp³-hybridized carbons (Fsp3) is 0.214. The molecule has 0 N–H and O–H groups in total. The molecule has 1 aliphatic carbocycles. The molecule has 2 aromatic heterocycles. The van der Waals surface area contributed by atoms with Crippen LogP contribution in [0.1, 0.15) is 40.9 Å². The second kappa shape index (κ2) is 9.52. The van der Waals surface area contributed by atoms with Gasteiger partial charge in [-0.15, -0.1) is 0 Å². The highest BCUT2D eigenvalue weighted by atomic mass is 35.5. The first kappa shape index (κ1) is 24.2. The maximum absolute atomic E-state index is 13.0. The van der Waals surface area contributed by atoms with Crippen molar-refractivity contribution >= 4 is 23.2 Å². The highest BCUT2D eigenvalue weighted by molar-refractivity contribution is 6.32. The van der Waals surface area contributed by atoms with E-state index in [-0.39, 0.29) is 34.0 Å². The first-order valence-corrected chi connectivity index (χ1v) is 12.0. The van der Waals surface area contributed by atoms with Crippen molar-refractivity contribution < 1.29 is 18.3 Å². The van der Waals surface area contributed by atoms with Crippen molar-refractivity contribution in [1.29, 1.82) is 0 Å². The Hall–Kier alpha value is -3.48. The average Bonchev–Trinajstić information content (AvgIpc) is 2.86. The second-order valence-corrected chi connectivity index (χ2v) is 9.36. The van der Waals surface area contributed by atoms with Gasteiger partial charge in [-0.2, -0.15) is 0 Å². The first-order chi connectivity index (χ1) is 17.4. The first-order valence-electron chi connectivity index (χ1n) is 11.3. The van der Waals surface area contributed by atoms with Gasteiger partial charge in [0.05, 0.1) is 32.2 Å². The van der Waals surface area contributed by atoms with Crippen molar-refractivity contribution in [1.82, 2.24) is 0 Å². The highest BCUT2D eigenvalue weighted by Crippen LogP contribution is 2.69. The zero-order valence-electron chi connectivity index (χ0n) is 19.5. The standard InChI is InChI=1S/C28H22Cl2O6/c1-33-25-22(31)11-13-35-24(25)19-15-18(16-7-3-5-9-20(16)29)28(19,17-8-4-6-10-21(17)30)27-26(34-2)23(32)12-14-36-27/h3-14,18-19H,15H2,1-2H3/t18-,19-,28+/m0/s1. The normalized spacial score (nSPS) is 21.0. The van der Waals surface area contributed by atoms with E-state index in [1.165, 1.54) is 38.9 Å². The van der Waals surface area contributed by atoms with Gasteiger partial charge in [0.25, 0.3) is 0 Å². The van der Waals surface area contributed by atoms with Crippen molar-refractivity contribution in [3.63, 3.8) is 0 Å². The molecule has 5 rings (SSSR count). The van der Waals surface area contributed by atoms with E-state index in [1.54, 1.807) is 6.07 Å². The maximum atomic E-state index is 13.0. The molecular weight excluding hydrogens is 503 g/mol. The molecule has 0 unspecified atom stereocenters. The lowest BCUT2D eigenvalue weighted by Crippen LogP contribution is -2.51. The molecular formula is C28H22Cl2O6. The van der Waals surface area contributed by atoms with E-state index in [4.69, 9.17) is 41.5 Å². The van der Waals surface area contributed by atoms with E-state index in [1.807, 2.05) is 42.5 Å². The van der Waals surface area contributed by atoms with Crippen LogP contribution < -0.4 is 20.3 Å². The van der Waals surface area contributed by atoms with Gasteiger partial charge in [-0.05, 0) is 29.7 Å². The van der Waals surface area contributed by atoms with Gasteiger partial charge < -0.3 is 18.3 Å². The van der Waals surface area contributed by atoms with Crippen molar-refractivity contribution in [2.24, 2.45) is 0 Å². The van der Waals surface area contributed by atoms with Crippen LogP contribution in [0.15, 0.2) is 91.6 Å². The number of benzene rings is 2. The molecule has 0 aliphatic heterocycles. The summed E-state index contributed by atoms with van der Waals surface area (Å²) < 4.78 is 23.1. The van der Waals surface area contributed by atoms with E-state index < -0.39 is 11.3 Å². The summed E-state index contributed by atoms with van der Waals surface area (Å²) in [6, 6.07) is 17.4. The third-order valence-electron chi connectivity index (χ3n) is 6.97. The molecule has 1 fully saturated rings. The van der Waals surface area contributed by atoms with Crippen LogP contribution in [0.25, 0.3) is 0 Å². The number of rotatable bonds is 6. The SMILES string of the molecule is COc1c([C@@H]2C[C@@H](c3ccccc3Cl)[C@@]2(c2ccccc2Cl)c2occc(=O)c2OC)occc1=O. The van der Waals surface area contributed by atoms with Gasteiger partial charge in [0.15, 0.2) is 11.5 Å². The number of methoxy groups -OCH3 is 2. The van der Waals surface area contributed by atoms with E-state index in [0.29, 0.717) is 27.8 Å². The second-order valence-electron chi connectivity index (χ2n) is 8.54. The summed E-state index contributed by atoms with van der Waals surface area (Å²) in [5.41, 5.74) is -0.292. The smallest absolute Gasteiger partial charge is 0.227 e. The third-order valence-corrected chi connectivity index (χ3v) is 7.64. The number of halogens is 2. The molecule has 4 aromatic rings. The van der Waals surface area contributed by atoms with Crippen molar-refractivity contribution in [3.05, 3.63) is 126 Å². The summed E-state index contributed by atoms with van der Waals surface area (Å²) in [6.45, 7) is 0. The number of ether oxygens (including phenoxy) is 2. The lowest BCUT2D eigenvalue weighted by molar-refractivity contribution is 0.123. The molecule has 0 radical (unpaired) electrons. The Labute approximate surface area is 217 Å². The Morgan fingerprint density at radius 2 is 1.39 bits per heavy atom. The van der Waals surface area contributed by atoms with Crippen LogP contribution in [0.4, 0.5) is 0 Å². The molecule has 1 aliphatic rings. The lowest BCUT2D eigenvalue weighted by Gasteiger charge is -2.55. The fourth-order valence-corrected chi connectivity index (χ4v) is 6.05. The van der Waals surface area contributed by atoms with Crippen LogP contribution in [-0.4, -0.2) is 14.2 Å². The molecule has 3 atom stereocenters. The summed E-state index contributed by atoms with van der Waals surface area (Å²) in [6.07, 6.45) is 3.16. The predicted molar refractivity (Wildman–Crippen MR) is 137 cm³/mol. The molecule has 0 bridgehead atoms. The Morgan fingerprint density at radius 1 is 0.778 bits per heavy atom. The average molecular weight is 525 g/mol. The minimum Gasteiger partial charge on any atom is -0.490 e. The summed E-state index contributed by atoms with van der Waals surface area (Å²) in [5.74, 6) is -0.125. The Balaban J connectivity index is 1.93. The van der Waals surface area contributed by atoms with E-state index >= 15 is 0 Å². The molecule has 0 spiro atoms. The van der Waals surface area contributed by atoms with Crippen LogP contribution >= 0.6 is 23.2 Å². The third kappa shape index (κ3) is 3.55. The van der Waals surface area contributed by atoms with E-state index in [9.17, 15) is 9.59 Å². The number of hydrogen-bond donors (Lipinski definition) is 0. The minimum atomic E-state index is -1.13. The summed E-state index contributed by atoms with van der Waals surface area (Å²) in [7, 11) is 2.83. The molecule has 0 amide bonds. The van der Waals surface area contributed by atoms with Crippen LogP contribution in [0.5, 0.6) is 11.5 Å². The Kier molecular flexibility index (Phi) is 6.41. The van der Waals surface area contributed by atoms with Crippen molar-refractivity contribution in [2.75, 3.05) is 14.2 Å². The van der Waals surface area contributed by atoms with Gasteiger partial charge in [-0.25, -0.2) is 0 Å².